The van der Waals surface area contributed by atoms with Crippen LogP contribution >= 0.6 is 0 Å². The molecule has 8 nitrogen and oxygen atoms in total. The van der Waals surface area contributed by atoms with Gasteiger partial charge in [0.05, 0.1) is 18.8 Å². The summed E-state index contributed by atoms with van der Waals surface area (Å²) >= 11 is 0. The highest BCUT2D eigenvalue weighted by atomic mass is 16.2. The van der Waals surface area contributed by atoms with Gasteiger partial charge >= 0.3 is 6.03 Å². The highest BCUT2D eigenvalue weighted by Crippen LogP contribution is 2.19. The van der Waals surface area contributed by atoms with E-state index in [1.165, 1.54) is 0 Å². The summed E-state index contributed by atoms with van der Waals surface area (Å²) in [7, 11) is 0. The van der Waals surface area contributed by atoms with Gasteiger partial charge in [0.25, 0.3) is 5.91 Å². The molecule has 2 N–H and O–H groups in total. The van der Waals surface area contributed by atoms with Crippen LogP contribution in [-0.2, 0) is 19.6 Å². The molecular weight excluding hydrogens is 392 g/mol. The second kappa shape index (κ2) is 9.88. The molecule has 160 valence electrons. The van der Waals surface area contributed by atoms with E-state index in [9.17, 15) is 9.59 Å². The summed E-state index contributed by atoms with van der Waals surface area (Å²) in [6.45, 7) is 2.16. The lowest BCUT2D eigenvalue weighted by atomic mass is 10.2. The zero-order chi connectivity index (χ0) is 21.5. The predicted molar refractivity (Wildman–Crippen MR) is 116 cm³/mol. The molecule has 1 aliphatic rings. The number of amides is 3. The molecule has 2 aromatic carbocycles. The lowest BCUT2D eigenvalue weighted by Gasteiger charge is -2.24. The van der Waals surface area contributed by atoms with Crippen LogP contribution in [0.25, 0.3) is 0 Å². The Balaban J connectivity index is 1.29. The fraction of sp³-hybridized carbons (Fsp3) is 0.304. The largest absolute Gasteiger partial charge is 0.347 e. The monoisotopic (exact) mass is 418 g/mol. The second-order valence-electron chi connectivity index (χ2n) is 7.63. The van der Waals surface area contributed by atoms with Crippen LogP contribution in [0, 0.1) is 0 Å². The molecule has 3 amide bonds. The van der Waals surface area contributed by atoms with Crippen molar-refractivity contribution in [2.75, 3.05) is 6.54 Å². The number of urea groups is 1. The molecule has 1 aromatic heterocycles. The number of nitrogens with zero attached hydrogens (tertiary/aromatic N) is 4. The van der Waals surface area contributed by atoms with Crippen molar-refractivity contribution in [2.45, 2.75) is 38.5 Å². The Bertz CT molecular complexity index is 1010. The minimum atomic E-state index is -0.265. The number of benzene rings is 2. The van der Waals surface area contributed by atoms with Crippen LogP contribution < -0.4 is 10.6 Å². The third-order valence-corrected chi connectivity index (χ3v) is 5.39. The maximum absolute atomic E-state index is 12.7. The summed E-state index contributed by atoms with van der Waals surface area (Å²) in [6.07, 6.45) is 3.48. The highest BCUT2D eigenvalue weighted by molar-refractivity contribution is 5.91. The normalized spacial score (nSPS) is 15.6. The quantitative estimate of drug-likeness (QED) is 0.617. The Morgan fingerprint density at radius 2 is 1.58 bits per heavy atom. The molecule has 0 aliphatic carbocycles. The lowest BCUT2D eigenvalue weighted by molar-refractivity contribution is 0.0945. The van der Waals surface area contributed by atoms with Crippen molar-refractivity contribution in [3.63, 3.8) is 0 Å². The van der Waals surface area contributed by atoms with E-state index in [1.54, 1.807) is 10.9 Å². The summed E-state index contributed by atoms with van der Waals surface area (Å²) < 4.78 is 1.64. The molecule has 3 aromatic rings. The van der Waals surface area contributed by atoms with Crippen LogP contribution in [0.2, 0.25) is 0 Å². The number of likely N-dealkylation sites (tertiary alicyclic amines) is 1. The summed E-state index contributed by atoms with van der Waals surface area (Å²) in [5, 5.41) is 13.9. The molecule has 1 saturated heterocycles. The van der Waals surface area contributed by atoms with Crippen molar-refractivity contribution in [3.8, 4) is 0 Å². The number of rotatable bonds is 7. The zero-order valence-corrected chi connectivity index (χ0v) is 17.3. The minimum Gasteiger partial charge on any atom is -0.347 e. The summed E-state index contributed by atoms with van der Waals surface area (Å²) in [5.74, 6) is -0.265. The van der Waals surface area contributed by atoms with Crippen molar-refractivity contribution < 1.29 is 9.59 Å². The maximum Gasteiger partial charge on any atom is 0.317 e. The van der Waals surface area contributed by atoms with E-state index in [1.807, 2.05) is 65.6 Å². The average Bonchev–Trinajstić information content (AvgIpc) is 3.47. The zero-order valence-electron chi connectivity index (χ0n) is 17.3. The van der Waals surface area contributed by atoms with E-state index in [0.29, 0.717) is 26.2 Å². The van der Waals surface area contributed by atoms with E-state index in [-0.39, 0.29) is 23.7 Å². The summed E-state index contributed by atoms with van der Waals surface area (Å²) in [6, 6.07) is 19.5. The number of aromatic nitrogens is 3. The number of carbonyl (C=O) groups excluding carboxylic acids is 2. The Morgan fingerprint density at radius 1 is 0.935 bits per heavy atom. The van der Waals surface area contributed by atoms with Crippen LogP contribution in [0.4, 0.5) is 4.79 Å². The number of nitrogens with one attached hydrogen (secondary N) is 2. The van der Waals surface area contributed by atoms with Crippen molar-refractivity contribution >= 4 is 11.9 Å². The van der Waals surface area contributed by atoms with Gasteiger partial charge in [-0.05, 0) is 24.0 Å². The van der Waals surface area contributed by atoms with Crippen molar-refractivity contribution in [1.29, 1.82) is 0 Å². The van der Waals surface area contributed by atoms with Gasteiger partial charge in [0, 0.05) is 19.6 Å². The van der Waals surface area contributed by atoms with Gasteiger partial charge in [-0.25, -0.2) is 9.48 Å². The molecule has 1 unspecified atom stereocenters. The number of hydrogen-bond acceptors (Lipinski definition) is 4. The molecule has 0 radical (unpaired) electrons. The Labute approximate surface area is 181 Å². The molecule has 0 saturated carbocycles. The standard InChI is InChI=1S/C23H26N6O2/c30-22(24-14-18-8-3-1-4-9-18)21-17-28(27-26-21)16-20-12-7-13-29(20)23(31)25-15-19-10-5-2-6-11-19/h1-6,8-11,17,20H,7,12-16H2,(H,24,30)(H,25,31). The molecule has 1 fully saturated rings. The number of hydrogen-bond donors (Lipinski definition) is 2. The SMILES string of the molecule is O=C(NCc1ccccc1)c1cn(CC2CCCN2C(=O)NCc2ccccc2)nn1. The van der Waals surface area contributed by atoms with E-state index >= 15 is 0 Å². The molecule has 1 aliphatic heterocycles. The third-order valence-electron chi connectivity index (χ3n) is 5.39. The fourth-order valence-corrected chi connectivity index (χ4v) is 3.74. The molecule has 2 heterocycles. The Hall–Kier alpha value is -3.68. The summed E-state index contributed by atoms with van der Waals surface area (Å²) in [4.78, 5) is 26.9. The topological polar surface area (TPSA) is 92.2 Å². The van der Waals surface area contributed by atoms with Gasteiger partial charge < -0.3 is 15.5 Å². The highest BCUT2D eigenvalue weighted by Gasteiger charge is 2.29. The predicted octanol–water partition coefficient (Wildman–Crippen LogP) is 2.58. The molecule has 8 heteroatoms. The first-order valence-corrected chi connectivity index (χ1v) is 10.5. The molecule has 1 atom stereocenters. The van der Waals surface area contributed by atoms with Gasteiger partial charge in [-0.2, -0.15) is 0 Å². The van der Waals surface area contributed by atoms with Gasteiger partial charge in [0.1, 0.15) is 0 Å². The van der Waals surface area contributed by atoms with Gasteiger partial charge in [0.15, 0.2) is 5.69 Å². The Morgan fingerprint density at radius 3 is 2.26 bits per heavy atom. The van der Waals surface area contributed by atoms with Crippen molar-refractivity contribution in [1.82, 2.24) is 30.5 Å². The van der Waals surface area contributed by atoms with Crippen LogP contribution in [0.1, 0.15) is 34.5 Å². The molecular formula is C23H26N6O2. The van der Waals surface area contributed by atoms with E-state index < -0.39 is 0 Å². The second-order valence-corrected chi connectivity index (χ2v) is 7.63. The average molecular weight is 419 g/mol. The fourth-order valence-electron chi connectivity index (χ4n) is 3.74. The minimum absolute atomic E-state index is 0.0257. The van der Waals surface area contributed by atoms with Gasteiger partial charge in [-0.15, -0.1) is 5.10 Å². The van der Waals surface area contributed by atoms with E-state index in [0.717, 1.165) is 24.0 Å². The van der Waals surface area contributed by atoms with Crippen molar-refractivity contribution in [3.05, 3.63) is 83.7 Å². The first-order valence-electron chi connectivity index (χ1n) is 10.5. The lowest BCUT2D eigenvalue weighted by Crippen LogP contribution is -2.44. The first-order chi connectivity index (χ1) is 15.2. The molecule has 4 rings (SSSR count). The maximum atomic E-state index is 12.7. The smallest absolute Gasteiger partial charge is 0.317 e. The van der Waals surface area contributed by atoms with E-state index in [2.05, 4.69) is 20.9 Å². The van der Waals surface area contributed by atoms with Crippen LogP contribution in [0.15, 0.2) is 66.9 Å². The third kappa shape index (κ3) is 5.48. The van der Waals surface area contributed by atoms with Crippen LogP contribution in [-0.4, -0.2) is 44.4 Å². The van der Waals surface area contributed by atoms with Crippen LogP contribution in [0.3, 0.4) is 0 Å². The van der Waals surface area contributed by atoms with Crippen LogP contribution in [0.5, 0.6) is 0 Å². The molecule has 31 heavy (non-hydrogen) atoms. The van der Waals surface area contributed by atoms with Crippen molar-refractivity contribution in [2.24, 2.45) is 0 Å². The van der Waals surface area contributed by atoms with Gasteiger partial charge in [0.2, 0.25) is 0 Å². The van der Waals surface area contributed by atoms with E-state index in [4.69, 9.17) is 0 Å². The molecule has 0 bridgehead atoms. The number of carbonyl (C=O) groups is 2. The van der Waals surface area contributed by atoms with Gasteiger partial charge in [-0.1, -0.05) is 65.9 Å². The Kier molecular flexibility index (Phi) is 6.56. The van der Waals surface area contributed by atoms with Gasteiger partial charge in [-0.3, -0.25) is 4.79 Å². The summed E-state index contributed by atoms with van der Waals surface area (Å²) in [5.41, 5.74) is 2.36. The first kappa shape index (κ1) is 20.6. The molecule has 0 spiro atoms.